The third-order valence-corrected chi connectivity index (χ3v) is 9.02. The first-order chi connectivity index (χ1) is 18.5. The van der Waals surface area contributed by atoms with Crippen molar-refractivity contribution in [1.29, 1.82) is 0 Å². The summed E-state index contributed by atoms with van der Waals surface area (Å²) < 4.78 is 6.69. The molecule has 3 heterocycles. The highest BCUT2D eigenvalue weighted by molar-refractivity contribution is 6.04. The zero-order valence-corrected chi connectivity index (χ0v) is 23.4. The SMILES string of the molecule is Cc1ccc(C)c(NC(=O)C2N([C@@H](CO)C(C)C)C(=O)[C@@H]3[C@H](C(=O)NCc4ccccc4)[C@]4(C)CCC23O4)c1. The Balaban J connectivity index is 1.52. The third kappa shape index (κ3) is 4.43. The number of nitrogens with one attached hydrogen (secondary N) is 2. The first kappa shape index (κ1) is 27.3. The molecule has 1 spiro atoms. The van der Waals surface area contributed by atoms with Crippen LogP contribution in [0.2, 0.25) is 0 Å². The Hall–Kier alpha value is -3.23. The van der Waals surface area contributed by atoms with E-state index in [1.807, 2.05) is 83.1 Å². The minimum atomic E-state index is -1.15. The first-order valence-corrected chi connectivity index (χ1v) is 13.9. The van der Waals surface area contributed by atoms with E-state index in [0.717, 1.165) is 16.7 Å². The van der Waals surface area contributed by atoms with E-state index in [9.17, 15) is 19.5 Å². The summed E-state index contributed by atoms with van der Waals surface area (Å²) in [5.74, 6) is -2.56. The molecule has 0 aliphatic carbocycles. The molecule has 0 aromatic heterocycles. The molecule has 6 atom stereocenters. The fraction of sp³-hybridized carbons (Fsp3) is 0.516. The molecule has 3 N–H and O–H groups in total. The second-order valence-corrected chi connectivity index (χ2v) is 12.0. The summed E-state index contributed by atoms with van der Waals surface area (Å²) in [5, 5.41) is 16.4. The van der Waals surface area contributed by atoms with Crippen molar-refractivity contribution in [2.75, 3.05) is 11.9 Å². The Bertz CT molecular complexity index is 1280. The number of fused-ring (bicyclic) bond motifs is 1. The predicted molar refractivity (Wildman–Crippen MR) is 148 cm³/mol. The van der Waals surface area contributed by atoms with Crippen LogP contribution in [0.3, 0.4) is 0 Å². The first-order valence-electron chi connectivity index (χ1n) is 13.9. The number of aliphatic hydroxyl groups excluding tert-OH is 1. The molecule has 8 nitrogen and oxygen atoms in total. The van der Waals surface area contributed by atoms with Gasteiger partial charge in [-0.05, 0) is 62.3 Å². The van der Waals surface area contributed by atoms with Crippen LogP contribution in [0.25, 0.3) is 0 Å². The molecule has 5 rings (SSSR count). The zero-order valence-electron chi connectivity index (χ0n) is 23.4. The van der Waals surface area contributed by atoms with Gasteiger partial charge in [-0.15, -0.1) is 0 Å². The zero-order chi connectivity index (χ0) is 28.1. The van der Waals surface area contributed by atoms with Gasteiger partial charge in [-0.1, -0.05) is 56.3 Å². The van der Waals surface area contributed by atoms with Crippen molar-refractivity contribution in [1.82, 2.24) is 10.2 Å². The molecule has 3 aliphatic heterocycles. The van der Waals surface area contributed by atoms with Crippen LogP contribution in [0, 0.1) is 31.6 Å². The molecule has 0 radical (unpaired) electrons. The van der Waals surface area contributed by atoms with Crippen LogP contribution in [-0.2, 0) is 25.7 Å². The average Bonchev–Trinajstić information content (AvgIpc) is 3.46. The fourth-order valence-electron chi connectivity index (χ4n) is 7.01. The lowest BCUT2D eigenvalue weighted by atomic mass is 9.66. The lowest BCUT2D eigenvalue weighted by Crippen LogP contribution is -2.57. The van der Waals surface area contributed by atoms with Crippen molar-refractivity contribution in [3.05, 3.63) is 65.2 Å². The maximum absolute atomic E-state index is 14.3. The van der Waals surface area contributed by atoms with Gasteiger partial charge >= 0.3 is 0 Å². The van der Waals surface area contributed by atoms with Crippen molar-refractivity contribution in [3.63, 3.8) is 0 Å². The Morgan fingerprint density at radius 3 is 2.49 bits per heavy atom. The van der Waals surface area contributed by atoms with Crippen LogP contribution in [0.1, 0.15) is 50.3 Å². The molecule has 208 valence electrons. The number of aryl methyl sites for hydroxylation is 2. The van der Waals surface area contributed by atoms with Crippen molar-refractivity contribution in [2.24, 2.45) is 17.8 Å². The van der Waals surface area contributed by atoms with Crippen molar-refractivity contribution < 1.29 is 24.2 Å². The Kier molecular flexibility index (Phi) is 7.06. The standard InChI is InChI=1S/C31H39N3O5/c1-18(2)23(17-35)34-26(28(37)33-22-15-19(3)11-12-20(22)4)31-14-13-30(5,39-31)24(25(31)29(34)38)27(36)32-16-21-9-7-6-8-10-21/h6-12,15,18,23-26,35H,13-14,16-17H2,1-5H3,(H,32,36)(H,33,37)/t23-,24+,25-,26?,30-,31?/m0/s1. The minimum absolute atomic E-state index is 0.108. The van der Waals surface area contributed by atoms with E-state index in [1.54, 1.807) is 0 Å². The molecule has 2 bridgehead atoms. The highest BCUT2D eigenvalue weighted by Gasteiger charge is 2.78. The number of ether oxygens (including phenoxy) is 1. The number of aliphatic hydroxyl groups is 1. The number of carbonyl (C=O) groups is 3. The van der Waals surface area contributed by atoms with Crippen LogP contribution < -0.4 is 10.6 Å². The van der Waals surface area contributed by atoms with Gasteiger partial charge < -0.3 is 25.4 Å². The van der Waals surface area contributed by atoms with Gasteiger partial charge in [0.25, 0.3) is 0 Å². The lowest BCUT2D eigenvalue weighted by molar-refractivity contribution is -0.149. The van der Waals surface area contributed by atoms with Gasteiger partial charge in [0.05, 0.1) is 30.1 Å². The van der Waals surface area contributed by atoms with E-state index in [-0.39, 0.29) is 30.2 Å². The van der Waals surface area contributed by atoms with Crippen LogP contribution in [-0.4, -0.2) is 57.6 Å². The van der Waals surface area contributed by atoms with Gasteiger partial charge in [0, 0.05) is 12.2 Å². The number of hydrogen-bond acceptors (Lipinski definition) is 5. The van der Waals surface area contributed by atoms with E-state index in [1.165, 1.54) is 4.90 Å². The second kappa shape index (κ2) is 10.1. The monoisotopic (exact) mass is 533 g/mol. The largest absolute Gasteiger partial charge is 0.394 e. The molecule has 8 heteroatoms. The van der Waals surface area contributed by atoms with Crippen LogP contribution in [0.15, 0.2) is 48.5 Å². The number of rotatable bonds is 8. The van der Waals surface area contributed by atoms with Crippen molar-refractivity contribution in [2.45, 2.75) is 77.3 Å². The summed E-state index contributed by atoms with van der Waals surface area (Å²) in [6.07, 6.45) is 1.05. The van der Waals surface area contributed by atoms with E-state index in [4.69, 9.17) is 4.74 Å². The molecular weight excluding hydrogens is 494 g/mol. The van der Waals surface area contributed by atoms with Gasteiger partial charge in [0.1, 0.15) is 11.6 Å². The molecule has 3 aliphatic rings. The minimum Gasteiger partial charge on any atom is -0.394 e. The molecule has 39 heavy (non-hydrogen) atoms. The second-order valence-electron chi connectivity index (χ2n) is 12.0. The van der Waals surface area contributed by atoms with Gasteiger partial charge in [-0.2, -0.15) is 0 Å². The summed E-state index contributed by atoms with van der Waals surface area (Å²) in [6.45, 7) is 9.65. The van der Waals surface area contributed by atoms with Crippen molar-refractivity contribution in [3.8, 4) is 0 Å². The number of hydrogen-bond donors (Lipinski definition) is 3. The maximum Gasteiger partial charge on any atom is 0.250 e. The average molecular weight is 534 g/mol. The summed E-state index contributed by atoms with van der Waals surface area (Å²) in [5.41, 5.74) is 1.53. The number of amides is 3. The van der Waals surface area contributed by atoms with E-state index in [2.05, 4.69) is 10.6 Å². The van der Waals surface area contributed by atoms with Crippen LogP contribution in [0.4, 0.5) is 5.69 Å². The number of carbonyl (C=O) groups excluding carboxylic acids is 3. The number of likely N-dealkylation sites (tertiary alicyclic amines) is 1. The van der Waals surface area contributed by atoms with Crippen molar-refractivity contribution >= 4 is 23.4 Å². The molecule has 2 unspecified atom stereocenters. The summed E-state index contributed by atoms with van der Waals surface area (Å²) in [6, 6.07) is 13.9. The molecule has 0 saturated carbocycles. The van der Waals surface area contributed by atoms with Gasteiger partial charge in [-0.3, -0.25) is 14.4 Å². The molecule has 3 saturated heterocycles. The third-order valence-electron chi connectivity index (χ3n) is 9.02. The van der Waals surface area contributed by atoms with E-state index < -0.39 is 35.1 Å². The Morgan fingerprint density at radius 1 is 1.10 bits per heavy atom. The Morgan fingerprint density at radius 2 is 1.82 bits per heavy atom. The van der Waals surface area contributed by atoms with E-state index in [0.29, 0.717) is 25.1 Å². The maximum atomic E-state index is 14.3. The molecule has 2 aromatic carbocycles. The molecule has 2 aromatic rings. The topological polar surface area (TPSA) is 108 Å². The Labute approximate surface area is 230 Å². The fourth-order valence-corrected chi connectivity index (χ4v) is 7.01. The smallest absolute Gasteiger partial charge is 0.250 e. The lowest BCUT2D eigenvalue weighted by Gasteiger charge is -2.38. The number of anilines is 1. The van der Waals surface area contributed by atoms with Gasteiger partial charge in [-0.25, -0.2) is 0 Å². The van der Waals surface area contributed by atoms with Crippen LogP contribution in [0.5, 0.6) is 0 Å². The van der Waals surface area contributed by atoms with Gasteiger partial charge in [0.15, 0.2) is 0 Å². The highest BCUT2D eigenvalue weighted by atomic mass is 16.5. The predicted octanol–water partition coefficient (Wildman–Crippen LogP) is 3.34. The van der Waals surface area contributed by atoms with Gasteiger partial charge in [0.2, 0.25) is 17.7 Å². The molecular formula is C31H39N3O5. The highest BCUT2D eigenvalue weighted by Crippen LogP contribution is 2.63. The summed E-state index contributed by atoms with van der Waals surface area (Å²) in [7, 11) is 0. The molecule has 3 amide bonds. The quantitative estimate of drug-likeness (QED) is 0.483. The normalized spacial score (nSPS) is 30.0. The van der Waals surface area contributed by atoms with Crippen LogP contribution >= 0.6 is 0 Å². The van der Waals surface area contributed by atoms with E-state index >= 15 is 0 Å². The summed E-state index contributed by atoms with van der Waals surface area (Å²) >= 11 is 0. The number of benzene rings is 2. The number of nitrogens with zero attached hydrogens (tertiary/aromatic N) is 1. The summed E-state index contributed by atoms with van der Waals surface area (Å²) in [4.78, 5) is 43.6. The molecule has 3 fully saturated rings.